The largest absolute Gasteiger partial charge is 0.504 e. The predicted octanol–water partition coefficient (Wildman–Crippen LogP) is 5.29. The van der Waals surface area contributed by atoms with E-state index in [2.05, 4.69) is 0 Å². The number of amides is 1. The van der Waals surface area contributed by atoms with Crippen LogP contribution in [0.1, 0.15) is 37.4 Å². The van der Waals surface area contributed by atoms with Crippen LogP contribution in [0.4, 0.5) is 5.69 Å². The lowest BCUT2D eigenvalue weighted by Crippen LogP contribution is -2.31. The zero-order chi connectivity index (χ0) is 25.7. The van der Waals surface area contributed by atoms with E-state index in [4.69, 9.17) is 9.47 Å². The molecule has 7 nitrogen and oxygen atoms in total. The topological polar surface area (TPSA) is 96.3 Å². The quantitative estimate of drug-likeness (QED) is 0.403. The maximum Gasteiger partial charge on any atom is 0.294 e. The maximum atomic E-state index is 13.5. The van der Waals surface area contributed by atoms with Crippen molar-refractivity contribution < 1.29 is 29.3 Å². The first-order valence-corrected chi connectivity index (χ1v) is 12.0. The lowest BCUT2D eigenvalue weighted by atomic mass is 9.92. The van der Waals surface area contributed by atoms with Crippen molar-refractivity contribution in [2.24, 2.45) is 0 Å². The van der Waals surface area contributed by atoms with Crippen molar-refractivity contribution in [3.8, 4) is 17.2 Å². The second kappa shape index (κ2) is 11.0. The summed E-state index contributed by atoms with van der Waals surface area (Å²) in [5.41, 5.74) is 2.00. The van der Waals surface area contributed by atoms with Gasteiger partial charge < -0.3 is 19.7 Å². The van der Waals surface area contributed by atoms with Crippen LogP contribution in [0.5, 0.6) is 17.2 Å². The summed E-state index contributed by atoms with van der Waals surface area (Å²) in [6.07, 6.45) is 0.591. The molecule has 2 N–H and O–H groups in total. The molecular weight excluding hydrogens is 458 g/mol. The number of aliphatic hydroxyl groups is 1. The van der Waals surface area contributed by atoms with Crippen molar-refractivity contribution in [1.82, 2.24) is 0 Å². The Morgan fingerprint density at radius 2 is 1.67 bits per heavy atom. The number of carbonyl (C=O) groups is 2. The van der Waals surface area contributed by atoms with Crippen molar-refractivity contribution in [1.29, 1.82) is 0 Å². The molecule has 0 saturated carbocycles. The Balaban J connectivity index is 1.77. The van der Waals surface area contributed by atoms with Crippen molar-refractivity contribution in [2.45, 2.75) is 32.7 Å². The molecule has 3 aromatic rings. The third kappa shape index (κ3) is 5.05. The molecule has 7 heteroatoms. The van der Waals surface area contributed by atoms with Gasteiger partial charge in [0.25, 0.3) is 5.91 Å². The minimum atomic E-state index is -0.905. The van der Waals surface area contributed by atoms with E-state index in [0.717, 1.165) is 5.56 Å². The number of hydrogen-bond acceptors (Lipinski definition) is 6. The molecule has 186 valence electrons. The predicted molar refractivity (Wildman–Crippen MR) is 137 cm³/mol. The molecule has 0 aliphatic carbocycles. The van der Waals surface area contributed by atoms with E-state index in [1.165, 1.54) is 11.0 Å². The number of anilines is 1. The molecule has 1 atom stereocenters. The number of ether oxygens (including phenoxy) is 2. The number of aryl methyl sites for hydroxylation is 1. The summed E-state index contributed by atoms with van der Waals surface area (Å²) in [6.45, 7) is 4.42. The second-order valence-corrected chi connectivity index (χ2v) is 8.34. The van der Waals surface area contributed by atoms with Crippen LogP contribution < -0.4 is 14.4 Å². The molecular formula is C29H29NO6. The van der Waals surface area contributed by atoms with Crippen LogP contribution in [0.3, 0.4) is 0 Å². The highest BCUT2D eigenvalue weighted by atomic mass is 16.5. The van der Waals surface area contributed by atoms with Gasteiger partial charge in [0.1, 0.15) is 5.75 Å². The van der Waals surface area contributed by atoms with Crippen LogP contribution in [0.2, 0.25) is 0 Å². The van der Waals surface area contributed by atoms with Gasteiger partial charge in [-0.3, -0.25) is 14.5 Å². The molecule has 0 spiro atoms. The molecule has 1 aliphatic heterocycles. The number of benzene rings is 3. The first kappa shape index (κ1) is 24.9. The van der Waals surface area contributed by atoms with E-state index in [9.17, 15) is 19.8 Å². The third-order valence-electron chi connectivity index (χ3n) is 6.00. The van der Waals surface area contributed by atoms with E-state index >= 15 is 0 Å². The van der Waals surface area contributed by atoms with Crippen LogP contribution in [0.25, 0.3) is 0 Å². The number of aromatic hydroxyl groups is 1. The number of ketones is 1. The lowest BCUT2D eigenvalue weighted by Gasteiger charge is -2.27. The number of phenols is 1. The van der Waals surface area contributed by atoms with E-state index in [0.29, 0.717) is 36.6 Å². The third-order valence-corrected chi connectivity index (χ3v) is 6.00. The van der Waals surface area contributed by atoms with Crippen LogP contribution in [-0.4, -0.2) is 35.1 Å². The molecule has 1 aliphatic rings. The number of nitrogens with zero attached hydrogens (tertiary/aromatic N) is 1. The summed E-state index contributed by atoms with van der Waals surface area (Å²) in [4.78, 5) is 28.2. The second-order valence-electron chi connectivity index (χ2n) is 8.34. The highest BCUT2D eigenvalue weighted by Crippen LogP contribution is 2.44. The first-order chi connectivity index (χ1) is 17.4. The Morgan fingerprint density at radius 3 is 2.39 bits per heavy atom. The van der Waals surface area contributed by atoms with Crippen molar-refractivity contribution in [2.75, 3.05) is 18.1 Å². The van der Waals surface area contributed by atoms with Crippen LogP contribution in [0.15, 0.2) is 84.1 Å². The number of phenolic OH excluding ortho intramolecular Hbond substituents is 1. The average molecular weight is 488 g/mol. The summed E-state index contributed by atoms with van der Waals surface area (Å²) in [5, 5.41) is 21.2. The summed E-state index contributed by atoms with van der Waals surface area (Å²) >= 11 is 0. The molecule has 3 aromatic carbocycles. The standard InChI is InChI=1S/C29H29NO6/c1-3-35-22-12-8-11-21(18-22)30-27(20-14-16-23(31)25(17-20)36-4-2)26(28(33)29(30)34)24(32)15-13-19-9-6-5-7-10-19/h5-12,14,16-18,27,31,33H,3-4,13,15H2,1-2H3. The number of rotatable bonds is 10. The molecule has 0 aromatic heterocycles. The van der Waals surface area contributed by atoms with Crippen LogP contribution >= 0.6 is 0 Å². The number of aliphatic hydroxyl groups excluding tert-OH is 1. The van der Waals surface area contributed by atoms with Gasteiger partial charge in [0.2, 0.25) is 0 Å². The highest BCUT2D eigenvalue weighted by Gasteiger charge is 2.44. The Hall–Kier alpha value is -4.26. The fraction of sp³-hybridized carbons (Fsp3) is 0.241. The van der Waals surface area contributed by atoms with Crippen LogP contribution in [0, 0.1) is 0 Å². The zero-order valence-electron chi connectivity index (χ0n) is 20.3. The van der Waals surface area contributed by atoms with E-state index in [1.807, 2.05) is 37.3 Å². The smallest absolute Gasteiger partial charge is 0.294 e. The van der Waals surface area contributed by atoms with Gasteiger partial charge in [-0.1, -0.05) is 42.5 Å². The Labute approximate surface area is 210 Å². The molecule has 1 amide bonds. The molecule has 1 heterocycles. The van der Waals surface area contributed by atoms with Gasteiger partial charge >= 0.3 is 0 Å². The number of hydrogen-bond donors (Lipinski definition) is 2. The molecule has 36 heavy (non-hydrogen) atoms. The van der Waals surface area contributed by atoms with Gasteiger partial charge in [0.05, 0.1) is 24.8 Å². The van der Waals surface area contributed by atoms with Gasteiger partial charge in [-0.15, -0.1) is 0 Å². The molecule has 0 fully saturated rings. The number of carbonyl (C=O) groups excluding carboxylic acids is 2. The minimum Gasteiger partial charge on any atom is -0.504 e. The van der Waals surface area contributed by atoms with Crippen molar-refractivity contribution in [3.05, 3.63) is 95.3 Å². The highest BCUT2D eigenvalue weighted by molar-refractivity contribution is 6.16. The van der Waals surface area contributed by atoms with Gasteiger partial charge in [-0.25, -0.2) is 0 Å². The Bertz CT molecular complexity index is 1280. The monoisotopic (exact) mass is 487 g/mol. The summed E-state index contributed by atoms with van der Waals surface area (Å²) in [6, 6.07) is 20.3. The summed E-state index contributed by atoms with van der Waals surface area (Å²) < 4.78 is 11.2. The van der Waals surface area contributed by atoms with E-state index < -0.39 is 17.7 Å². The van der Waals surface area contributed by atoms with E-state index in [1.54, 1.807) is 43.3 Å². The fourth-order valence-electron chi connectivity index (χ4n) is 4.37. The van der Waals surface area contributed by atoms with E-state index in [-0.39, 0.29) is 29.3 Å². The number of Topliss-reactive ketones (excluding diaryl/α,β-unsaturated/α-hetero) is 1. The Kier molecular flexibility index (Phi) is 7.59. The molecule has 4 rings (SSSR count). The van der Waals surface area contributed by atoms with Gasteiger partial charge in [0.15, 0.2) is 23.0 Å². The Morgan fingerprint density at radius 1 is 0.917 bits per heavy atom. The normalized spacial score (nSPS) is 15.3. The SMILES string of the molecule is CCOc1cccc(N2C(=O)C(O)=C(C(=O)CCc3ccccc3)C2c2ccc(O)c(OCC)c2)c1. The van der Waals surface area contributed by atoms with Gasteiger partial charge in [-0.05, 0) is 55.7 Å². The average Bonchev–Trinajstić information content (AvgIpc) is 3.15. The zero-order valence-corrected chi connectivity index (χ0v) is 20.3. The maximum absolute atomic E-state index is 13.5. The van der Waals surface area contributed by atoms with Gasteiger partial charge in [-0.2, -0.15) is 0 Å². The first-order valence-electron chi connectivity index (χ1n) is 12.0. The van der Waals surface area contributed by atoms with Crippen molar-refractivity contribution in [3.63, 3.8) is 0 Å². The molecule has 0 saturated heterocycles. The van der Waals surface area contributed by atoms with Gasteiger partial charge in [0, 0.05) is 18.2 Å². The molecule has 1 unspecified atom stereocenters. The molecule has 0 radical (unpaired) electrons. The molecule has 0 bridgehead atoms. The fourth-order valence-corrected chi connectivity index (χ4v) is 4.37. The van der Waals surface area contributed by atoms with Crippen LogP contribution in [-0.2, 0) is 16.0 Å². The summed E-state index contributed by atoms with van der Waals surface area (Å²) in [5.74, 6) is -0.851. The minimum absolute atomic E-state index is 0.0193. The summed E-state index contributed by atoms with van der Waals surface area (Å²) in [7, 11) is 0. The lowest BCUT2D eigenvalue weighted by molar-refractivity contribution is -0.118. The van der Waals surface area contributed by atoms with Crippen molar-refractivity contribution >= 4 is 17.4 Å².